The molecule has 0 spiro atoms. The van der Waals surface area contributed by atoms with Crippen LogP contribution < -0.4 is 20.4 Å². The predicted octanol–water partition coefficient (Wildman–Crippen LogP) is 5.53. The molecule has 0 bridgehead atoms. The number of benzene rings is 2. The Balaban J connectivity index is 1.33. The van der Waals surface area contributed by atoms with Crippen molar-refractivity contribution in [2.45, 2.75) is 110 Å². The van der Waals surface area contributed by atoms with E-state index in [0.29, 0.717) is 44.0 Å². The molecule has 4 amide bonds. The molecule has 3 aliphatic rings. The molecule has 2 aliphatic heterocycles. The zero-order valence-electron chi connectivity index (χ0n) is 28.8. The molecule has 48 heavy (non-hydrogen) atoms. The lowest BCUT2D eigenvalue weighted by molar-refractivity contribution is -0.126. The molecule has 5 rings (SSSR count). The molecule has 9 nitrogen and oxygen atoms in total. The first-order chi connectivity index (χ1) is 22.8. The van der Waals surface area contributed by atoms with E-state index in [1.54, 1.807) is 6.92 Å². The van der Waals surface area contributed by atoms with Crippen LogP contribution in [0.15, 0.2) is 42.5 Å². The van der Waals surface area contributed by atoms with E-state index >= 15 is 4.39 Å². The van der Waals surface area contributed by atoms with Gasteiger partial charge in [-0.25, -0.2) is 4.39 Å². The minimum Gasteiger partial charge on any atom is -0.391 e. The van der Waals surface area contributed by atoms with Gasteiger partial charge in [0, 0.05) is 43.6 Å². The fourth-order valence-corrected chi connectivity index (χ4v) is 7.41. The lowest BCUT2D eigenvalue weighted by atomic mass is 9.71. The summed E-state index contributed by atoms with van der Waals surface area (Å²) in [5.41, 5.74) is 1.13. The number of carbonyl (C=O) groups excluding carboxylic acids is 4. The quantitative estimate of drug-likeness (QED) is 0.293. The molecule has 2 aromatic rings. The minimum absolute atomic E-state index is 0.0261. The van der Waals surface area contributed by atoms with Crippen molar-refractivity contribution in [3.63, 3.8) is 0 Å². The Morgan fingerprint density at radius 2 is 1.58 bits per heavy atom. The van der Waals surface area contributed by atoms with Crippen LogP contribution in [0.4, 0.5) is 15.8 Å². The summed E-state index contributed by atoms with van der Waals surface area (Å²) in [6.07, 6.45) is 5.06. The second-order valence-corrected chi connectivity index (χ2v) is 15.0. The third kappa shape index (κ3) is 8.43. The van der Waals surface area contributed by atoms with E-state index in [2.05, 4.69) is 31.4 Å². The topological polar surface area (TPSA) is 119 Å². The first-order valence-corrected chi connectivity index (χ1v) is 17.6. The van der Waals surface area contributed by atoms with Crippen LogP contribution in [-0.4, -0.2) is 60.0 Å². The smallest absolute Gasteiger partial charge is 0.254 e. The Kier molecular flexibility index (Phi) is 11.2. The number of rotatable bonds is 11. The van der Waals surface area contributed by atoms with Crippen LogP contribution in [0.1, 0.15) is 101 Å². The Morgan fingerprint density at radius 3 is 2.17 bits per heavy atom. The van der Waals surface area contributed by atoms with Crippen LogP contribution in [0, 0.1) is 23.1 Å². The van der Waals surface area contributed by atoms with Gasteiger partial charge in [-0.3, -0.25) is 19.2 Å². The summed E-state index contributed by atoms with van der Waals surface area (Å²) < 4.78 is 16.1. The molecule has 260 valence electrons. The van der Waals surface area contributed by atoms with Crippen molar-refractivity contribution in [2.24, 2.45) is 17.3 Å². The molecule has 3 fully saturated rings. The molecule has 0 radical (unpaired) electrons. The van der Waals surface area contributed by atoms with Gasteiger partial charge in [-0.1, -0.05) is 58.0 Å². The van der Waals surface area contributed by atoms with E-state index < -0.39 is 29.8 Å². The van der Waals surface area contributed by atoms with E-state index in [9.17, 15) is 24.3 Å². The Bertz CT molecular complexity index is 1480. The first-order valence-electron chi connectivity index (χ1n) is 17.6. The summed E-state index contributed by atoms with van der Waals surface area (Å²) in [6, 6.07) is 11.5. The van der Waals surface area contributed by atoms with E-state index in [1.807, 2.05) is 30.3 Å². The fraction of sp³-hybridized carbons (Fsp3) is 0.579. The first kappa shape index (κ1) is 35.5. The molecule has 10 heteroatoms. The zero-order valence-corrected chi connectivity index (χ0v) is 28.8. The van der Waals surface area contributed by atoms with Gasteiger partial charge < -0.3 is 25.5 Å². The van der Waals surface area contributed by atoms with Crippen molar-refractivity contribution in [2.75, 3.05) is 22.9 Å². The maximum Gasteiger partial charge on any atom is 0.254 e. The standard InChI is InChI=1S/C38H51FN4O5/c1-24(36(47)40-27-16-14-26(15-17-27)38(2,3)4)20-32(44)30(21-25-10-6-5-7-11-25)41-37(48)29-22-28(42-18-8-12-33(42)45)23-31(35(29)39)43-19-9-13-34(43)46/h5-7,10-11,22-24,26-27,30,32,44H,8-9,12-21H2,1-4H3,(H,40,47)(H,41,48)/t24-,26?,27?,30+,32-/m1/s1. The molecule has 1 aliphatic carbocycles. The van der Waals surface area contributed by atoms with Crippen molar-refractivity contribution in [1.29, 1.82) is 0 Å². The highest BCUT2D eigenvalue weighted by atomic mass is 19.1. The zero-order chi connectivity index (χ0) is 34.6. The van der Waals surface area contributed by atoms with Crippen LogP contribution in [-0.2, 0) is 20.8 Å². The summed E-state index contributed by atoms with van der Waals surface area (Å²) in [5, 5.41) is 17.6. The minimum atomic E-state index is -1.11. The monoisotopic (exact) mass is 662 g/mol. The Hall–Kier alpha value is -3.79. The number of hydrogen-bond acceptors (Lipinski definition) is 5. The molecular weight excluding hydrogens is 611 g/mol. The summed E-state index contributed by atoms with van der Waals surface area (Å²) in [5.74, 6) is -2.01. The maximum absolute atomic E-state index is 16.1. The lowest BCUT2D eigenvalue weighted by Gasteiger charge is -2.37. The van der Waals surface area contributed by atoms with Gasteiger partial charge in [-0.2, -0.15) is 0 Å². The highest BCUT2D eigenvalue weighted by molar-refractivity contribution is 6.03. The molecule has 2 heterocycles. The average molecular weight is 663 g/mol. The largest absolute Gasteiger partial charge is 0.391 e. The third-order valence-electron chi connectivity index (χ3n) is 10.5. The van der Waals surface area contributed by atoms with Crippen molar-refractivity contribution >= 4 is 35.0 Å². The van der Waals surface area contributed by atoms with Gasteiger partial charge in [0.25, 0.3) is 5.91 Å². The van der Waals surface area contributed by atoms with Crippen molar-refractivity contribution < 1.29 is 28.7 Å². The lowest BCUT2D eigenvalue weighted by Crippen LogP contribution is -2.47. The summed E-state index contributed by atoms with van der Waals surface area (Å²) in [6.45, 7) is 9.32. The highest BCUT2D eigenvalue weighted by Crippen LogP contribution is 2.38. The molecule has 1 saturated carbocycles. The van der Waals surface area contributed by atoms with Crippen LogP contribution in [0.5, 0.6) is 0 Å². The number of aliphatic hydroxyl groups excluding tert-OH is 1. The SMILES string of the molecule is C[C@H](C[C@@H](O)[C@H](Cc1ccccc1)NC(=O)c1cc(N2CCCC2=O)cc(N2CCCC2=O)c1F)C(=O)NC1CCC(C(C)(C)C)CC1. The van der Waals surface area contributed by atoms with Gasteiger partial charge in [0.1, 0.15) is 0 Å². The molecule has 0 aromatic heterocycles. The molecule has 3 atom stereocenters. The van der Waals surface area contributed by atoms with E-state index in [-0.39, 0.29) is 59.7 Å². The average Bonchev–Trinajstić information content (AvgIpc) is 3.68. The Morgan fingerprint density at radius 1 is 0.958 bits per heavy atom. The van der Waals surface area contributed by atoms with Gasteiger partial charge in [-0.15, -0.1) is 0 Å². The van der Waals surface area contributed by atoms with Crippen molar-refractivity contribution in [3.05, 3.63) is 59.4 Å². The summed E-state index contributed by atoms with van der Waals surface area (Å²) >= 11 is 0. The number of carbonyl (C=O) groups is 4. The van der Waals surface area contributed by atoms with Gasteiger partial charge >= 0.3 is 0 Å². The number of hydrogen-bond donors (Lipinski definition) is 3. The normalized spacial score (nSPS) is 22.0. The van der Waals surface area contributed by atoms with Crippen molar-refractivity contribution in [1.82, 2.24) is 10.6 Å². The number of anilines is 2. The van der Waals surface area contributed by atoms with Gasteiger partial charge in [0.2, 0.25) is 17.7 Å². The second-order valence-electron chi connectivity index (χ2n) is 15.0. The van der Waals surface area contributed by atoms with Crippen LogP contribution in [0.3, 0.4) is 0 Å². The number of amides is 4. The number of halogens is 1. The fourth-order valence-electron chi connectivity index (χ4n) is 7.41. The highest BCUT2D eigenvalue weighted by Gasteiger charge is 2.34. The summed E-state index contributed by atoms with van der Waals surface area (Å²) in [7, 11) is 0. The molecule has 3 N–H and O–H groups in total. The third-order valence-corrected chi connectivity index (χ3v) is 10.5. The summed E-state index contributed by atoms with van der Waals surface area (Å²) in [4.78, 5) is 55.3. The molecule has 0 unspecified atom stereocenters. The maximum atomic E-state index is 16.1. The van der Waals surface area contributed by atoms with Crippen LogP contribution in [0.2, 0.25) is 0 Å². The second kappa shape index (κ2) is 15.2. The van der Waals surface area contributed by atoms with Gasteiger partial charge in [-0.05, 0) is 80.4 Å². The van der Waals surface area contributed by atoms with E-state index in [1.165, 1.54) is 21.9 Å². The van der Waals surface area contributed by atoms with E-state index in [0.717, 1.165) is 31.2 Å². The predicted molar refractivity (Wildman–Crippen MR) is 184 cm³/mol. The number of nitrogens with one attached hydrogen (secondary N) is 2. The van der Waals surface area contributed by atoms with Gasteiger partial charge in [0.05, 0.1) is 23.4 Å². The van der Waals surface area contributed by atoms with E-state index in [4.69, 9.17) is 0 Å². The molecule has 2 aromatic carbocycles. The van der Waals surface area contributed by atoms with Gasteiger partial charge in [0.15, 0.2) is 5.82 Å². The number of aliphatic hydroxyl groups is 1. The van der Waals surface area contributed by atoms with Crippen LogP contribution in [0.25, 0.3) is 0 Å². The molecule has 2 saturated heterocycles. The number of nitrogens with zero attached hydrogens (tertiary/aromatic N) is 2. The van der Waals surface area contributed by atoms with Crippen LogP contribution >= 0.6 is 0 Å². The Labute approximate surface area is 283 Å². The van der Waals surface area contributed by atoms with Crippen molar-refractivity contribution in [3.8, 4) is 0 Å². The molecular formula is C38H51FN4O5.